The topological polar surface area (TPSA) is 200 Å². The summed E-state index contributed by atoms with van der Waals surface area (Å²) in [5.74, 6) is 0.808. The summed E-state index contributed by atoms with van der Waals surface area (Å²) in [7, 11) is 2.57. The minimum atomic E-state index is -0.715. The van der Waals surface area contributed by atoms with Crippen LogP contribution in [0.5, 0.6) is 0 Å². The minimum Gasteiger partial charge on any atom is -0.453 e. The first-order chi connectivity index (χ1) is 29.0. The van der Waals surface area contributed by atoms with E-state index < -0.39 is 24.3 Å². The molecular weight excluding hydrogens is 805 g/mol. The van der Waals surface area contributed by atoms with Gasteiger partial charge in [-0.25, -0.2) is 29.5 Å². The second kappa shape index (κ2) is 17.0. The molecular formula is C42H48N10O6S2. The van der Waals surface area contributed by atoms with Gasteiger partial charge >= 0.3 is 12.2 Å². The van der Waals surface area contributed by atoms with Crippen molar-refractivity contribution in [1.29, 1.82) is 0 Å². The Morgan fingerprint density at radius 3 is 1.43 bits per heavy atom. The molecule has 2 fully saturated rings. The molecule has 2 saturated heterocycles. The average molecular weight is 853 g/mol. The van der Waals surface area contributed by atoms with Gasteiger partial charge < -0.3 is 39.9 Å². The number of nitrogens with zero attached hydrogens (tertiary/aromatic N) is 6. The van der Waals surface area contributed by atoms with Gasteiger partial charge in [0.2, 0.25) is 11.8 Å². The van der Waals surface area contributed by atoms with Crippen LogP contribution in [0.25, 0.3) is 54.1 Å². The van der Waals surface area contributed by atoms with E-state index in [1.54, 1.807) is 44.9 Å². The second-order valence-corrected chi connectivity index (χ2v) is 17.5. The number of carbonyl (C=O) groups excluding carboxylic acids is 4. The number of carbonyl (C=O) groups is 4. The fourth-order valence-corrected chi connectivity index (χ4v) is 10.1. The van der Waals surface area contributed by atoms with Crippen LogP contribution in [-0.2, 0) is 19.1 Å². The average Bonchev–Trinajstić information content (AvgIpc) is 4.10. The Hall–Kier alpha value is -5.88. The predicted octanol–water partition coefficient (Wildman–Crippen LogP) is 7.44. The van der Waals surface area contributed by atoms with Crippen molar-refractivity contribution < 1.29 is 28.7 Å². The zero-order chi connectivity index (χ0) is 42.2. The molecule has 2 aliphatic rings. The van der Waals surface area contributed by atoms with Gasteiger partial charge in [-0.1, -0.05) is 39.8 Å². The molecule has 6 heterocycles. The van der Waals surface area contributed by atoms with Gasteiger partial charge in [0.25, 0.3) is 0 Å². The van der Waals surface area contributed by atoms with E-state index in [1.807, 2.05) is 38.7 Å². The van der Waals surface area contributed by atoms with Gasteiger partial charge in [0, 0.05) is 35.3 Å². The highest BCUT2D eigenvalue weighted by Gasteiger charge is 2.39. The van der Waals surface area contributed by atoms with Gasteiger partial charge in [-0.3, -0.25) is 9.59 Å². The molecule has 2 aromatic carbocycles. The number of ether oxygens (including phenoxy) is 2. The Kier molecular flexibility index (Phi) is 11.6. The lowest BCUT2D eigenvalue weighted by Gasteiger charge is -2.30. The summed E-state index contributed by atoms with van der Waals surface area (Å²) in [5, 5.41) is 5.42. The number of amides is 4. The van der Waals surface area contributed by atoms with Crippen molar-refractivity contribution in [3.8, 4) is 33.6 Å². The number of fused-ring (bicyclic) bond motifs is 2. The highest BCUT2D eigenvalue weighted by molar-refractivity contribution is 7.18. The molecule has 0 bridgehead atoms. The summed E-state index contributed by atoms with van der Waals surface area (Å²) >= 11 is 3.14. The Bertz CT molecular complexity index is 2380. The van der Waals surface area contributed by atoms with Crippen LogP contribution in [0.3, 0.4) is 0 Å². The summed E-state index contributed by atoms with van der Waals surface area (Å²) in [6.45, 7) is 8.73. The SMILES string of the molecule is COC(=O)NC(C(=O)N1CCCC1c1ncc(-c2ccc(-c3ccc(-c4cnc(C5CCCN5C(=O)C(NC(=O)OC)C(C)C)[nH]4)c4ncsc34)c3scnc23)[nH]1)C(C)C. The summed E-state index contributed by atoms with van der Waals surface area (Å²) < 4.78 is 11.6. The van der Waals surface area contributed by atoms with E-state index in [1.165, 1.54) is 14.2 Å². The van der Waals surface area contributed by atoms with Crippen LogP contribution in [0.4, 0.5) is 9.59 Å². The maximum Gasteiger partial charge on any atom is 0.407 e. The normalized spacial score (nSPS) is 17.8. The number of methoxy groups -OCH3 is 2. The fourth-order valence-electron chi connectivity index (χ4n) is 8.43. The molecule has 0 aliphatic carbocycles. The van der Waals surface area contributed by atoms with E-state index in [4.69, 9.17) is 29.4 Å². The Morgan fingerprint density at radius 1 is 0.650 bits per heavy atom. The first-order valence-electron chi connectivity index (χ1n) is 20.1. The number of hydrogen-bond donors (Lipinski definition) is 4. The van der Waals surface area contributed by atoms with E-state index in [-0.39, 0.29) is 35.7 Å². The van der Waals surface area contributed by atoms with Crippen LogP contribution in [-0.4, -0.2) is 103 Å². The molecule has 18 heteroatoms. The third kappa shape index (κ3) is 7.57. The van der Waals surface area contributed by atoms with Crippen molar-refractivity contribution in [1.82, 2.24) is 50.3 Å². The second-order valence-electron chi connectivity index (χ2n) is 15.8. The number of rotatable bonds is 11. The van der Waals surface area contributed by atoms with Gasteiger partial charge in [-0.05, 0) is 49.7 Å². The van der Waals surface area contributed by atoms with Gasteiger partial charge in [-0.2, -0.15) is 0 Å². The number of aromatic amines is 2. The zero-order valence-electron chi connectivity index (χ0n) is 34.3. The van der Waals surface area contributed by atoms with Crippen molar-refractivity contribution in [3.05, 3.63) is 59.3 Å². The molecule has 4 amide bonds. The molecule has 0 radical (unpaired) electrons. The molecule has 60 heavy (non-hydrogen) atoms. The number of nitrogens with one attached hydrogen (secondary N) is 4. The van der Waals surface area contributed by atoms with Gasteiger partial charge in [0.1, 0.15) is 23.7 Å². The predicted molar refractivity (Wildman–Crippen MR) is 229 cm³/mol. The molecule has 6 aromatic rings. The summed E-state index contributed by atoms with van der Waals surface area (Å²) in [5.41, 5.74) is 10.9. The number of aromatic nitrogens is 6. The van der Waals surface area contributed by atoms with Crippen LogP contribution >= 0.6 is 22.7 Å². The number of benzene rings is 2. The number of thiazole rings is 2. The summed E-state index contributed by atoms with van der Waals surface area (Å²) in [6.07, 6.45) is 5.48. The molecule has 2 aliphatic heterocycles. The Balaban J connectivity index is 1.05. The van der Waals surface area contributed by atoms with E-state index in [9.17, 15) is 19.2 Å². The van der Waals surface area contributed by atoms with Gasteiger partial charge in [0.15, 0.2) is 0 Å². The number of likely N-dealkylation sites (tertiary alicyclic amines) is 2. The first-order valence-corrected chi connectivity index (χ1v) is 21.9. The lowest BCUT2D eigenvalue weighted by atomic mass is 9.99. The highest BCUT2D eigenvalue weighted by atomic mass is 32.1. The van der Waals surface area contributed by atoms with Crippen molar-refractivity contribution in [2.24, 2.45) is 11.8 Å². The molecule has 0 spiro atoms. The van der Waals surface area contributed by atoms with Crippen molar-refractivity contribution in [2.75, 3.05) is 27.3 Å². The lowest BCUT2D eigenvalue weighted by Crippen LogP contribution is -2.51. The number of H-pyrrole nitrogens is 2. The third-order valence-electron chi connectivity index (χ3n) is 11.5. The quantitative estimate of drug-likeness (QED) is 0.102. The van der Waals surface area contributed by atoms with Crippen LogP contribution < -0.4 is 10.6 Å². The molecule has 8 rings (SSSR count). The van der Waals surface area contributed by atoms with E-state index in [2.05, 4.69) is 44.9 Å². The Labute approximate surface area is 354 Å². The van der Waals surface area contributed by atoms with Crippen molar-refractivity contribution in [3.63, 3.8) is 0 Å². The molecule has 314 valence electrons. The van der Waals surface area contributed by atoms with Gasteiger partial charge in [0.05, 0.1) is 81.5 Å². The monoisotopic (exact) mass is 852 g/mol. The maximum atomic E-state index is 13.7. The molecule has 4 unspecified atom stereocenters. The van der Waals surface area contributed by atoms with Crippen LogP contribution in [0.1, 0.15) is 77.1 Å². The molecule has 4 atom stereocenters. The number of alkyl carbamates (subject to hydrolysis) is 2. The van der Waals surface area contributed by atoms with Crippen LogP contribution in [0.2, 0.25) is 0 Å². The Morgan fingerprint density at radius 2 is 1.05 bits per heavy atom. The summed E-state index contributed by atoms with van der Waals surface area (Å²) in [4.78, 5) is 81.3. The third-order valence-corrected chi connectivity index (χ3v) is 13.2. The van der Waals surface area contributed by atoms with E-state index in [0.717, 1.165) is 79.8 Å². The zero-order valence-corrected chi connectivity index (χ0v) is 35.9. The van der Waals surface area contributed by atoms with Crippen LogP contribution in [0, 0.1) is 11.8 Å². The molecule has 16 nitrogen and oxygen atoms in total. The lowest BCUT2D eigenvalue weighted by molar-refractivity contribution is -0.136. The van der Waals surface area contributed by atoms with E-state index in [0.29, 0.717) is 24.7 Å². The molecule has 4 aromatic heterocycles. The van der Waals surface area contributed by atoms with Crippen LogP contribution in [0.15, 0.2) is 47.7 Å². The smallest absolute Gasteiger partial charge is 0.407 e. The fraction of sp³-hybridized carbons (Fsp3) is 0.429. The molecule has 0 saturated carbocycles. The van der Waals surface area contributed by atoms with E-state index >= 15 is 0 Å². The largest absolute Gasteiger partial charge is 0.453 e. The maximum absolute atomic E-state index is 13.7. The first kappa shape index (κ1) is 40.9. The molecule has 4 N–H and O–H groups in total. The number of imidazole rings is 2. The highest BCUT2D eigenvalue weighted by Crippen LogP contribution is 2.43. The van der Waals surface area contributed by atoms with Gasteiger partial charge in [-0.15, -0.1) is 22.7 Å². The van der Waals surface area contributed by atoms with Crippen molar-refractivity contribution >= 4 is 67.1 Å². The standard InChI is InChI=1S/C42H48N10O6S2/c1-21(2)31(49-41(55)57-5)39(53)51-15-7-9-29(51)37-43-17-27(47-37)25-13-11-23(35-33(25)45-19-59-35)24-12-14-26(34-36(24)60-20-46-34)28-18-44-38(48-28)30-10-8-16-52(30)40(54)32(22(3)4)50-42(56)58-6/h11-14,17-22,29-32H,7-10,15-16H2,1-6H3,(H,43,47)(H,44,48)(H,49,55)(H,50,56). The van der Waals surface area contributed by atoms with Crippen molar-refractivity contribution in [2.45, 2.75) is 77.5 Å². The minimum absolute atomic E-state index is 0.128. The number of hydrogen-bond acceptors (Lipinski definition) is 12. The summed E-state index contributed by atoms with van der Waals surface area (Å²) in [6, 6.07) is 6.40.